The highest BCUT2D eigenvalue weighted by molar-refractivity contribution is 6.07. The Bertz CT molecular complexity index is 862. The number of fused-ring (bicyclic) bond motifs is 1. The van der Waals surface area contributed by atoms with E-state index in [2.05, 4.69) is 14.8 Å². The summed E-state index contributed by atoms with van der Waals surface area (Å²) in [5, 5.41) is 9.87. The average molecular weight is 387 g/mol. The lowest BCUT2D eigenvalue weighted by Crippen LogP contribution is -2.47. The topological polar surface area (TPSA) is 92.2 Å². The Kier molecular flexibility index (Phi) is 6.43. The first-order valence-electron chi connectivity index (χ1n) is 9.35. The van der Waals surface area contributed by atoms with Gasteiger partial charge in [-0.05, 0) is 25.1 Å². The molecule has 0 spiro atoms. The smallest absolute Gasteiger partial charge is 0.341 e. The van der Waals surface area contributed by atoms with E-state index in [1.807, 2.05) is 0 Å². The molecule has 1 saturated heterocycles. The quantitative estimate of drug-likeness (QED) is 0.742. The minimum Gasteiger partial charge on any atom is -0.465 e. The molecular weight excluding hydrogens is 362 g/mol. The number of methoxy groups -OCH3 is 1. The molecule has 0 radical (unpaired) electrons. The molecule has 1 aliphatic rings. The number of rotatable bonds is 6. The summed E-state index contributed by atoms with van der Waals surface area (Å²) in [6.45, 7) is 5.68. The van der Waals surface area contributed by atoms with Crippen molar-refractivity contribution in [3.05, 3.63) is 35.5 Å². The predicted molar refractivity (Wildman–Crippen MR) is 105 cm³/mol. The van der Waals surface area contributed by atoms with Crippen molar-refractivity contribution < 1.29 is 24.2 Å². The molecule has 2 heterocycles. The van der Waals surface area contributed by atoms with Crippen molar-refractivity contribution >= 4 is 28.5 Å². The first-order valence-corrected chi connectivity index (χ1v) is 9.35. The summed E-state index contributed by atoms with van der Waals surface area (Å²) in [4.78, 5) is 33.2. The van der Waals surface area contributed by atoms with E-state index in [4.69, 9.17) is 14.6 Å². The standard InChI is InChI=1S/C20H25N3O5/c1-3-28-20(26)16-13-21-17-5-4-14(19(25)27-2)12-15(17)18(16)23-8-6-22(7-9-23)10-11-24/h4-5,12-13,24H,3,6-11H2,1-2H3. The summed E-state index contributed by atoms with van der Waals surface area (Å²) in [6.07, 6.45) is 1.54. The monoisotopic (exact) mass is 387 g/mol. The Morgan fingerprint density at radius 2 is 1.93 bits per heavy atom. The fourth-order valence-corrected chi connectivity index (χ4v) is 3.46. The Hall–Kier alpha value is -2.71. The number of aliphatic hydroxyl groups is 1. The van der Waals surface area contributed by atoms with Crippen LogP contribution in [0.4, 0.5) is 5.69 Å². The number of esters is 2. The summed E-state index contributed by atoms with van der Waals surface area (Å²) >= 11 is 0. The Morgan fingerprint density at radius 1 is 1.18 bits per heavy atom. The molecule has 150 valence electrons. The van der Waals surface area contributed by atoms with Gasteiger partial charge in [-0.15, -0.1) is 0 Å². The van der Waals surface area contributed by atoms with Gasteiger partial charge in [0.25, 0.3) is 0 Å². The van der Waals surface area contributed by atoms with E-state index in [0.29, 0.717) is 41.7 Å². The number of nitrogens with zero attached hydrogens (tertiary/aromatic N) is 3. The predicted octanol–water partition coefficient (Wildman–Crippen LogP) is 1.31. The van der Waals surface area contributed by atoms with Crippen molar-refractivity contribution in [1.82, 2.24) is 9.88 Å². The third kappa shape index (κ3) is 4.07. The molecule has 2 aromatic rings. The number of pyridine rings is 1. The Morgan fingerprint density at radius 3 is 2.57 bits per heavy atom. The lowest BCUT2D eigenvalue weighted by Gasteiger charge is -2.37. The van der Waals surface area contributed by atoms with Crippen molar-refractivity contribution in [3.8, 4) is 0 Å². The molecule has 3 rings (SSSR count). The largest absolute Gasteiger partial charge is 0.465 e. The zero-order valence-electron chi connectivity index (χ0n) is 16.2. The number of hydrogen-bond acceptors (Lipinski definition) is 8. The van der Waals surface area contributed by atoms with Gasteiger partial charge in [-0.1, -0.05) is 0 Å². The van der Waals surface area contributed by atoms with Crippen molar-refractivity contribution in [2.75, 3.05) is 57.9 Å². The summed E-state index contributed by atoms with van der Waals surface area (Å²) < 4.78 is 10.1. The van der Waals surface area contributed by atoms with Crippen LogP contribution in [-0.4, -0.2) is 80.0 Å². The number of piperazine rings is 1. The molecule has 1 aromatic carbocycles. The normalized spacial score (nSPS) is 14.9. The molecule has 1 aliphatic heterocycles. The lowest BCUT2D eigenvalue weighted by atomic mass is 10.0. The molecule has 1 aromatic heterocycles. The molecule has 1 fully saturated rings. The average Bonchev–Trinajstić information content (AvgIpc) is 2.73. The SMILES string of the molecule is CCOC(=O)c1cnc2ccc(C(=O)OC)cc2c1N1CCN(CCO)CC1. The van der Waals surface area contributed by atoms with Crippen molar-refractivity contribution in [1.29, 1.82) is 0 Å². The van der Waals surface area contributed by atoms with Gasteiger partial charge in [0, 0.05) is 44.3 Å². The van der Waals surface area contributed by atoms with Crippen LogP contribution in [0.1, 0.15) is 27.6 Å². The highest BCUT2D eigenvalue weighted by atomic mass is 16.5. The number of anilines is 1. The third-order valence-electron chi connectivity index (χ3n) is 4.86. The molecule has 0 bridgehead atoms. The summed E-state index contributed by atoms with van der Waals surface area (Å²) in [5.41, 5.74) is 2.19. The number of ether oxygens (including phenoxy) is 2. The minimum atomic E-state index is -0.442. The van der Waals surface area contributed by atoms with Crippen LogP contribution in [0.25, 0.3) is 10.9 Å². The highest BCUT2D eigenvalue weighted by Gasteiger charge is 2.25. The molecular formula is C20H25N3O5. The summed E-state index contributed by atoms with van der Waals surface area (Å²) in [6, 6.07) is 5.13. The molecule has 0 unspecified atom stereocenters. The van der Waals surface area contributed by atoms with Gasteiger partial charge in [0.2, 0.25) is 0 Å². The maximum absolute atomic E-state index is 12.6. The second-order valence-corrected chi connectivity index (χ2v) is 6.52. The van der Waals surface area contributed by atoms with Crippen LogP contribution in [0.3, 0.4) is 0 Å². The van der Waals surface area contributed by atoms with Crippen LogP contribution in [0.2, 0.25) is 0 Å². The number of β-amino-alcohol motifs (C(OH)–C–C–N with tert-alkyl or cyclic N) is 1. The van der Waals surface area contributed by atoms with Crippen LogP contribution >= 0.6 is 0 Å². The molecule has 0 atom stereocenters. The van der Waals surface area contributed by atoms with Crippen LogP contribution in [0.15, 0.2) is 24.4 Å². The zero-order valence-corrected chi connectivity index (χ0v) is 16.2. The van der Waals surface area contributed by atoms with Gasteiger partial charge < -0.3 is 19.5 Å². The van der Waals surface area contributed by atoms with Crippen LogP contribution < -0.4 is 4.90 Å². The van der Waals surface area contributed by atoms with E-state index in [9.17, 15) is 9.59 Å². The molecule has 8 nitrogen and oxygen atoms in total. The van der Waals surface area contributed by atoms with Crippen molar-refractivity contribution in [3.63, 3.8) is 0 Å². The zero-order chi connectivity index (χ0) is 20.1. The van der Waals surface area contributed by atoms with Crippen LogP contribution in [0, 0.1) is 0 Å². The highest BCUT2D eigenvalue weighted by Crippen LogP contribution is 2.32. The first-order chi connectivity index (χ1) is 13.6. The molecule has 0 aliphatic carbocycles. The Balaban J connectivity index is 2.08. The van der Waals surface area contributed by atoms with Gasteiger partial charge in [-0.25, -0.2) is 9.59 Å². The molecule has 0 amide bonds. The number of hydrogen-bond donors (Lipinski definition) is 1. The molecule has 0 saturated carbocycles. The number of aromatic nitrogens is 1. The molecule has 8 heteroatoms. The Labute approximate surface area is 163 Å². The third-order valence-corrected chi connectivity index (χ3v) is 4.86. The number of benzene rings is 1. The lowest BCUT2D eigenvalue weighted by molar-refractivity contribution is 0.0525. The van der Waals surface area contributed by atoms with Gasteiger partial charge in [-0.3, -0.25) is 9.88 Å². The number of carbonyl (C=O) groups excluding carboxylic acids is 2. The van der Waals surface area contributed by atoms with Crippen molar-refractivity contribution in [2.24, 2.45) is 0 Å². The van der Waals surface area contributed by atoms with E-state index < -0.39 is 11.9 Å². The fraction of sp³-hybridized carbons (Fsp3) is 0.450. The first kappa shape index (κ1) is 20.0. The van der Waals surface area contributed by atoms with E-state index in [0.717, 1.165) is 18.8 Å². The molecule has 28 heavy (non-hydrogen) atoms. The van der Waals surface area contributed by atoms with Gasteiger partial charge in [-0.2, -0.15) is 0 Å². The summed E-state index contributed by atoms with van der Waals surface area (Å²) in [5.74, 6) is -0.879. The van der Waals surface area contributed by atoms with Gasteiger partial charge in [0.15, 0.2) is 0 Å². The van der Waals surface area contributed by atoms with Gasteiger partial charge >= 0.3 is 11.9 Å². The maximum atomic E-state index is 12.6. The minimum absolute atomic E-state index is 0.120. The van der Waals surface area contributed by atoms with E-state index in [-0.39, 0.29) is 13.2 Å². The van der Waals surface area contributed by atoms with Crippen molar-refractivity contribution in [2.45, 2.75) is 6.92 Å². The van der Waals surface area contributed by atoms with E-state index in [1.54, 1.807) is 25.1 Å². The van der Waals surface area contributed by atoms with E-state index >= 15 is 0 Å². The summed E-state index contributed by atoms with van der Waals surface area (Å²) in [7, 11) is 1.33. The van der Waals surface area contributed by atoms with Gasteiger partial charge in [0.05, 0.1) is 37.1 Å². The number of aliphatic hydroxyl groups excluding tert-OH is 1. The second-order valence-electron chi connectivity index (χ2n) is 6.52. The number of carbonyl (C=O) groups is 2. The van der Waals surface area contributed by atoms with Gasteiger partial charge in [0.1, 0.15) is 5.56 Å². The molecule has 1 N–H and O–H groups in total. The maximum Gasteiger partial charge on any atom is 0.341 e. The van der Waals surface area contributed by atoms with Crippen LogP contribution in [0.5, 0.6) is 0 Å². The van der Waals surface area contributed by atoms with Crippen LogP contribution in [-0.2, 0) is 9.47 Å². The second kappa shape index (κ2) is 8.99. The van der Waals surface area contributed by atoms with E-state index in [1.165, 1.54) is 13.3 Å². The fourth-order valence-electron chi connectivity index (χ4n) is 3.46.